The van der Waals surface area contributed by atoms with Gasteiger partial charge in [0.05, 0.1) is 0 Å². The first-order valence-corrected chi connectivity index (χ1v) is 8.14. The van der Waals surface area contributed by atoms with E-state index in [9.17, 15) is 9.59 Å². The highest BCUT2D eigenvalue weighted by Crippen LogP contribution is 2.19. The van der Waals surface area contributed by atoms with Crippen molar-refractivity contribution in [2.75, 3.05) is 0 Å². The van der Waals surface area contributed by atoms with Gasteiger partial charge in [0.25, 0.3) is 11.8 Å². The third kappa shape index (κ3) is 4.16. The van der Waals surface area contributed by atoms with Gasteiger partial charge in [0, 0.05) is 48.0 Å². The Labute approximate surface area is 140 Å². The average molecular weight is 324 g/mol. The number of rotatable bonds is 4. The lowest BCUT2D eigenvalue weighted by Crippen LogP contribution is -2.45. The Morgan fingerprint density at radius 3 is 1.62 bits per heavy atom. The van der Waals surface area contributed by atoms with Crippen molar-refractivity contribution in [2.45, 2.75) is 37.8 Å². The van der Waals surface area contributed by atoms with Crippen molar-refractivity contribution in [1.29, 1.82) is 0 Å². The molecule has 3 rings (SSSR count). The predicted molar refractivity (Wildman–Crippen MR) is 89.5 cm³/mol. The summed E-state index contributed by atoms with van der Waals surface area (Å²) in [4.78, 5) is 32.3. The van der Waals surface area contributed by atoms with E-state index in [0.29, 0.717) is 11.1 Å². The molecule has 124 valence electrons. The van der Waals surface area contributed by atoms with E-state index in [1.165, 1.54) is 0 Å². The molecule has 6 heteroatoms. The molecule has 2 N–H and O–H groups in total. The average Bonchev–Trinajstić information content (AvgIpc) is 2.63. The van der Waals surface area contributed by atoms with Gasteiger partial charge in [0.15, 0.2) is 0 Å². The van der Waals surface area contributed by atoms with Crippen LogP contribution in [-0.4, -0.2) is 33.9 Å². The maximum atomic E-state index is 12.2. The summed E-state index contributed by atoms with van der Waals surface area (Å²) in [6.45, 7) is 0. The van der Waals surface area contributed by atoms with Crippen LogP contribution in [0, 0.1) is 0 Å². The van der Waals surface area contributed by atoms with Gasteiger partial charge in [-0.3, -0.25) is 19.6 Å². The Balaban J connectivity index is 1.55. The number of carbonyl (C=O) groups is 2. The third-order valence-electron chi connectivity index (χ3n) is 4.23. The summed E-state index contributed by atoms with van der Waals surface area (Å²) >= 11 is 0. The van der Waals surface area contributed by atoms with Crippen molar-refractivity contribution in [2.24, 2.45) is 0 Å². The number of pyridine rings is 2. The minimum Gasteiger partial charge on any atom is -0.349 e. The number of aromatic nitrogens is 2. The zero-order valence-corrected chi connectivity index (χ0v) is 13.3. The van der Waals surface area contributed by atoms with Crippen molar-refractivity contribution in [1.82, 2.24) is 20.6 Å². The smallest absolute Gasteiger partial charge is 0.251 e. The summed E-state index contributed by atoms with van der Waals surface area (Å²) in [7, 11) is 0. The first kappa shape index (κ1) is 16.1. The number of carbonyl (C=O) groups excluding carboxylic acids is 2. The molecule has 1 fully saturated rings. The number of hydrogen-bond donors (Lipinski definition) is 2. The molecule has 0 bridgehead atoms. The van der Waals surface area contributed by atoms with Crippen LogP contribution in [0.25, 0.3) is 0 Å². The van der Waals surface area contributed by atoms with Crippen molar-refractivity contribution in [3.8, 4) is 0 Å². The van der Waals surface area contributed by atoms with Crippen molar-refractivity contribution in [3.05, 3.63) is 60.2 Å². The monoisotopic (exact) mass is 324 g/mol. The Kier molecular flexibility index (Phi) is 5.15. The number of nitrogens with zero attached hydrogens (tertiary/aromatic N) is 2. The van der Waals surface area contributed by atoms with Crippen molar-refractivity contribution >= 4 is 11.8 Å². The lowest BCUT2D eigenvalue weighted by Gasteiger charge is -2.30. The number of amides is 2. The van der Waals surface area contributed by atoms with E-state index in [-0.39, 0.29) is 23.9 Å². The van der Waals surface area contributed by atoms with E-state index in [2.05, 4.69) is 20.6 Å². The number of nitrogens with one attached hydrogen (secondary N) is 2. The lowest BCUT2D eigenvalue weighted by atomic mass is 9.90. The van der Waals surface area contributed by atoms with Crippen LogP contribution in [0.2, 0.25) is 0 Å². The fourth-order valence-corrected chi connectivity index (χ4v) is 3.00. The second kappa shape index (κ2) is 7.68. The summed E-state index contributed by atoms with van der Waals surface area (Å²) in [5.74, 6) is -0.188. The summed E-state index contributed by atoms with van der Waals surface area (Å²) in [6, 6.07) is 6.92. The zero-order valence-electron chi connectivity index (χ0n) is 13.3. The molecule has 2 amide bonds. The molecule has 2 aromatic rings. The molecule has 0 saturated heterocycles. The molecule has 1 aliphatic rings. The van der Waals surface area contributed by atoms with Crippen molar-refractivity contribution in [3.63, 3.8) is 0 Å². The molecule has 2 aromatic heterocycles. The molecule has 0 aliphatic heterocycles. The quantitative estimate of drug-likeness (QED) is 0.900. The third-order valence-corrected chi connectivity index (χ3v) is 4.23. The van der Waals surface area contributed by atoms with E-state index in [4.69, 9.17) is 0 Å². The Hall–Kier alpha value is -2.76. The summed E-state index contributed by atoms with van der Waals surface area (Å²) < 4.78 is 0. The van der Waals surface area contributed by atoms with Crippen LogP contribution < -0.4 is 10.6 Å². The van der Waals surface area contributed by atoms with Gasteiger partial charge in [-0.2, -0.15) is 0 Å². The van der Waals surface area contributed by atoms with E-state index < -0.39 is 0 Å². The molecule has 1 aliphatic carbocycles. The van der Waals surface area contributed by atoms with Crippen LogP contribution in [-0.2, 0) is 0 Å². The fourth-order valence-electron chi connectivity index (χ4n) is 3.00. The summed E-state index contributed by atoms with van der Waals surface area (Å²) in [5.41, 5.74) is 1.21. The van der Waals surface area contributed by atoms with Gasteiger partial charge in [-0.25, -0.2) is 0 Å². The molecule has 1 saturated carbocycles. The van der Waals surface area contributed by atoms with Crippen molar-refractivity contribution < 1.29 is 9.59 Å². The highest BCUT2D eigenvalue weighted by atomic mass is 16.2. The molecule has 0 aromatic carbocycles. The predicted octanol–water partition coefficient (Wildman–Crippen LogP) is 1.95. The van der Waals surface area contributed by atoms with E-state index in [1.54, 1.807) is 49.1 Å². The maximum absolute atomic E-state index is 12.2. The van der Waals surface area contributed by atoms with Crippen LogP contribution in [0.1, 0.15) is 46.4 Å². The van der Waals surface area contributed by atoms with Crippen LogP contribution in [0.15, 0.2) is 49.1 Å². The van der Waals surface area contributed by atoms with Gasteiger partial charge >= 0.3 is 0 Å². The first-order chi connectivity index (χ1) is 11.7. The summed E-state index contributed by atoms with van der Waals surface area (Å²) in [6.07, 6.45) is 10.00. The fraction of sp³-hybridized carbons (Fsp3) is 0.333. The SMILES string of the molecule is O=C(NC1CCCC(NC(=O)c2ccncc2)C1)c1ccncc1. The lowest BCUT2D eigenvalue weighted by molar-refractivity contribution is 0.0903. The Morgan fingerprint density at radius 2 is 1.21 bits per heavy atom. The minimum atomic E-state index is -0.0940. The number of hydrogen-bond acceptors (Lipinski definition) is 4. The molecule has 24 heavy (non-hydrogen) atoms. The summed E-state index contributed by atoms with van der Waals surface area (Å²) in [5, 5.41) is 6.10. The second-order valence-electron chi connectivity index (χ2n) is 5.98. The second-order valence-corrected chi connectivity index (χ2v) is 5.98. The molecular weight excluding hydrogens is 304 g/mol. The largest absolute Gasteiger partial charge is 0.349 e. The highest BCUT2D eigenvalue weighted by molar-refractivity contribution is 5.94. The van der Waals surface area contributed by atoms with E-state index in [1.807, 2.05) is 0 Å². The van der Waals surface area contributed by atoms with Gasteiger partial charge in [-0.15, -0.1) is 0 Å². The molecule has 0 radical (unpaired) electrons. The highest BCUT2D eigenvalue weighted by Gasteiger charge is 2.25. The Bertz CT molecular complexity index is 631. The molecule has 2 atom stereocenters. The van der Waals surface area contributed by atoms with Crippen LogP contribution in [0.4, 0.5) is 0 Å². The Morgan fingerprint density at radius 1 is 0.792 bits per heavy atom. The van der Waals surface area contributed by atoms with Gasteiger partial charge in [-0.1, -0.05) is 0 Å². The molecule has 0 spiro atoms. The van der Waals surface area contributed by atoms with Gasteiger partial charge in [0.1, 0.15) is 0 Å². The molecular formula is C18H20N4O2. The molecule has 6 nitrogen and oxygen atoms in total. The van der Waals surface area contributed by atoms with E-state index in [0.717, 1.165) is 25.7 Å². The molecule has 2 unspecified atom stereocenters. The van der Waals surface area contributed by atoms with Crippen LogP contribution in [0.5, 0.6) is 0 Å². The van der Waals surface area contributed by atoms with Crippen LogP contribution >= 0.6 is 0 Å². The van der Waals surface area contributed by atoms with Gasteiger partial charge in [0.2, 0.25) is 0 Å². The zero-order chi connectivity index (χ0) is 16.8. The topological polar surface area (TPSA) is 84.0 Å². The standard InChI is InChI=1S/C18H20N4O2/c23-17(13-4-8-19-9-5-13)21-15-2-1-3-16(12-15)22-18(24)14-6-10-20-11-7-14/h4-11,15-16H,1-3,12H2,(H,21,23)(H,22,24). The molecule has 2 heterocycles. The normalized spacial score (nSPS) is 20.2. The van der Waals surface area contributed by atoms with Gasteiger partial charge < -0.3 is 10.6 Å². The van der Waals surface area contributed by atoms with Crippen LogP contribution in [0.3, 0.4) is 0 Å². The van der Waals surface area contributed by atoms with Gasteiger partial charge in [-0.05, 0) is 49.9 Å². The first-order valence-electron chi connectivity index (χ1n) is 8.14. The minimum absolute atomic E-state index is 0.0714. The van der Waals surface area contributed by atoms with E-state index >= 15 is 0 Å². The maximum Gasteiger partial charge on any atom is 0.251 e.